The standard InChI is InChI=1S/C17H19N3O2/c18-12-17(8-1-2-9-17)16(22)19-13-5-3-6-14(11-13)20-10-4-7-15(20)21/h3,5-6,11H,1-2,4,7-10H2,(H,19,22). The van der Waals surface area contributed by atoms with Crippen molar-refractivity contribution >= 4 is 23.2 Å². The molecule has 1 saturated carbocycles. The zero-order valence-corrected chi connectivity index (χ0v) is 12.5. The first-order valence-electron chi connectivity index (χ1n) is 7.78. The molecule has 1 N–H and O–H groups in total. The number of amides is 2. The summed E-state index contributed by atoms with van der Waals surface area (Å²) in [6, 6.07) is 9.49. The summed E-state index contributed by atoms with van der Waals surface area (Å²) in [7, 11) is 0. The minimum Gasteiger partial charge on any atom is -0.325 e. The first-order valence-corrected chi connectivity index (χ1v) is 7.78. The van der Waals surface area contributed by atoms with Crippen LogP contribution in [0.15, 0.2) is 24.3 Å². The van der Waals surface area contributed by atoms with Gasteiger partial charge in [0.2, 0.25) is 11.8 Å². The van der Waals surface area contributed by atoms with Gasteiger partial charge in [0.05, 0.1) is 6.07 Å². The van der Waals surface area contributed by atoms with Crippen LogP contribution in [-0.4, -0.2) is 18.4 Å². The number of hydrogen-bond donors (Lipinski definition) is 1. The van der Waals surface area contributed by atoms with Crippen molar-refractivity contribution in [2.45, 2.75) is 38.5 Å². The van der Waals surface area contributed by atoms with E-state index in [1.54, 1.807) is 17.0 Å². The van der Waals surface area contributed by atoms with Crippen LogP contribution in [0.2, 0.25) is 0 Å². The van der Waals surface area contributed by atoms with Gasteiger partial charge in [0, 0.05) is 24.3 Å². The van der Waals surface area contributed by atoms with E-state index < -0.39 is 5.41 Å². The van der Waals surface area contributed by atoms with Crippen molar-refractivity contribution in [3.63, 3.8) is 0 Å². The molecule has 0 unspecified atom stereocenters. The van der Waals surface area contributed by atoms with Crippen molar-refractivity contribution in [2.24, 2.45) is 5.41 Å². The summed E-state index contributed by atoms with van der Waals surface area (Å²) in [5.41, 5.74) is 0.556. The molecule has 0 spiro atoms. The predicted octanol–water partition coefficient (Wildman–Crippen LogP) is 2.84. The number of hydrogen-bond acceptors (Lipinski definition) is 3. The Kier molecular flexibility index (Phi) is 3.84. The Labute approximate surface area is 129 Å². The molecule has 2 aliphatic rings. The summed E-state index contributed by atoms with van der Waals surface area (Å²) < 4.78 is 0. The fourth-order valence-corrected chi connectivity index (χ4v) is 3.29. The van der Waals surface area contributed by atoms with Crippen LogP contribution in [0.3, 0.4) is 0 Å². The molecule has 1 heterocycles. The molecule has 3 rings (SSSR count). The van der Waals surface area contributed by atoms with Crippen molar-refractivity contribution in [3.05, 3.63) is 24.3 Å². The van der Waals surface area contributed by atoms with Crippen LogP contribution in [0.1, 0.15) is 38.5 Å². The molecule has 0 aromatic heterocycles. The molecule has 0 atom stereocenters. The highest BCUT2D eigenvalue weighted by molar-refractivity contribution is 5.99. The molecule has 1 aromatic carbocycles. The van der Waals surface area contributed by atoms with E-state index in [2.05, 4.69) is 11.4 Å². The number of nitrogens with one attached hydrogen (secondary N) is 1. The van der Waals surface area contributed by atoms with Gasteiger partial charge in [-0.3, -0.25) is 9.59 Å². The van der Waals surface area contributed by atoms with Crippen molar-refractivity contribution < 1.29 is 9.59 Å². The maximum Gasteiger partial charge on any atom is 0.244 e. The first-order chi connectivity index (χ1) is 10.6. The molecule has 1 aliphatic heterocycles. The Morgan fingerprint density at radius 3 is 2.68 bits per heavy atom. The number of nitriles is 1. The normalized spacial score (nSPS) is 20.0. The Balaban J connectivity index is 1.77. The lowest BCUT2D eigenvalue weighted by Crippen LogP contribution is -2.32. The zero-order chi connectivity index (χ0) is 15.6. The third kappa shape index (κ3) is 2.57. The van der Waals surface area contributed by atoms with Gasteiger partial charge in [-0.15, -0.1) is 0 Å². The topological polar surface area (TPSA) is 73.2 Å². The summed E-state index contributed by atoms with van der Waals surface area (Å²) in [5, 5.41) is 12.2. The lowest BCUT2D eigenvalue weighted by molar-refractivity contribution is -0.122. The molecular weight excluding hydrogens is 278 g/mol. The van der Waals surface area contributed by atoms with Crippen LogP contribution in [0.5, 0.6) is 0 Å². The van der Waals surface area contributed by atoms with E-state index in [4.69, 9.17) is 0 Å². The summed E-state index contributed by atoms with van der Waals surface area (Å²) >= 11 is 0. The molecule has 1 aromatic rings. The predicted molar refractivity (Wildman–Crippen MR) is 83.2 cm³/mol. The molecule has 1 saturated heterocycles. The maximum atomic E-state index is 12.5. The molecule has 2 amide bonds. The van der Waals surface area contributed by atoms with Crippen LogP contribution in [0, 0.1) is 16.7 Å². The Morgan fingerprint density at radius 1 is 1.27 bits per heavy atom. The van der Waals surface area contributed by atoms with Crippen molar-refractivity contribution in [1.29, 1.82) is 5.26 Å². The van der Waals surface area contributed by atoms with Crippen LogP contribution in [0.25, 0.3) is 0 Å². The van der Waals surface area contributed by atoms with Gasteiger partial charge >= 0.3 is 0 Å². The van der Waals surface area contributed by atoms with Crippen LogP contribution < -0.4 is 10.2 Å². The molecule has 5 heteroatoms. The van der Waals surface area contributed by atoms with E-state index >= 15 is 0 Å². The van der Waals surface area contributed by atoms with Gasteiger partial charge in [-0.1, -0.05) is 18.9 Å². The quantitative estimate of drug-likeness (QED) is 0.932. The van der Waals surface area contributed by atoms with Gasteiger partial charge in [0.25, 0.3) is 0 Å². The summed E-state index contributed by atoms with van der Waals surface area (Å²) in [6.07, 6.45) is 4.53. The number of carbonyl (C=O) groups excluding carboxylic acids is 2. The third-order valence-corrected chi connectivity index (χ3v) is 4.59. The molecule has 0 radical (unpaired) electrons. The molecule has 0 bridgehead atoms. The van der Waals surface area contributed by atoms with Gasteiger partial charge in [-0.05, 0) is 37.5 Å². The second-order valence-electron chi connectivity index (χ2n) is 6.05. The Morgan fingerprint density at radius 2 is 2.05 bits per heavy atom. The average Bonchev–Trinajstić information content (AvgIpc) is 3.17. The van der Waals surface area contributed by atoms with E-state index in [9.17, 15) is 14.9 Å². The van der Waals surface area contributed by atoms with E-state index in [0.717, 1.165) is 31.5 Å². The number of anilines is 2. The minimum absolute atomic E-state index is 0.118. The summed E-state index contributed by atoms with van der Waals surface area (Å²) in [5.74, 6) is -0.106. The Hall–Kier alpha value is -2.35. The second kappa shape index (κ2) is 5.80. The van der Waals surface area contributed by atoms with Crippen molar-refractivity contribution in [3.8, 4) is 6.07 Å². The highest BCUT2D eigenvalue weighted by Crippen LogP contribution is 2.38. The highest BCUT2D eigenvalue weighted by Gasteiger charge is 2.41. The fraction of sp³-hybridized carbons (Fsp3) is 0.471. The molecular formula is C17H19N3O2. The number of rotatable bonds is 3. The monoisotopic (exact) mass is 297 g/mol. The fourth-order valence-electron chi connectivity index (χ4n) is 3.29. The van der Waals surface area contributed by atoms with Gasteiger partial charge in [0.15, 0.2) is 0 Å². The van der Waals surface area contributed by atoms with Gasteiger partial charge in [-0.25, -0.2) is 0 Å². The van der Waals surface area contributed by atoms with E-state index in [1.807, 2.05) is 12.1 Å². The van der Waals surface area contributed by atoms with Crippen molar-refractivity contribution in [1.82, 2.24) is 0 Å². The molecule has 2 fully saturated rings. The average molecular weight is 297 g/mol. The molecule has 114 valence electrons. The van der Waals surface area contributed by atoms with E-state index in [0.29, 0.717) is 24.9 Å². The first kappa shape index (κ1) is 14.6. The smallest absolute Gasteiger partial charge is 0.244 e. The zero-order valence-electron chi connectivity index (χ0n) is 12.5. The second-order valence-corrected chi connectivity index (χ2v) is 6.05. The van der Waals surface area contributed by atoms with Gasteiger partial charge in [0.1, 0.15) is 5.41 Å². The van der Waals surface area contributed by atoms with Crippen molar-refractivity contribution in [2.75, 3.05) is 16.8 Å². The lowest BCUT2D eigenvalue weighted by atomic mass is 9.87. The highest BCUT2D eigenvalue weighted by atomic mass is 16.2. The van der Waals surface area contributed by atoms with Crippen LogP contribution >= 0.6 is 0 Å². The lowest BCUT2D eigenvalue weighted by Gasteiger charge is -2.20. The minimum atomic E-state index is -0.889. The molecule has 1 aliphatic carbocycles. The van der Waals surface area contributed by atoms with Crippen LogP contribution in [-0.2, 0) is 9.59 Å². The molecule has 22 heavy (non-hydrogen) atoms. The van der Waals surface area contributed by atoms with Crippen LogP contribution in [0.4, 0.5) is 11.4 Å². The molecule has 5 nitrogen and oxygen atoms in total. The van der Waals surface area contributed by atoms with Gasteiger partial charge in [-0.2, -0.15) is 5.26 Å². The third-order valence-electron chi connectivity index (χ3n) is 4.59. The number of benzene rings is 1. The Bertz CT molecular complexity index is 642. The summed E-state index contributed by atoms with van der Waals surface area (Å²) in [6.45, 7) is 0.721. The summed E-state index contributed by atoms with van der Waals surface area (Å²) in [4.78, 5) is 26.0. The van der Waals surface area contributed by atoms with E-state index in [1.165, 1.54) is 0 Å². The van der Waals surface area contributed by atoms with E-state index in [-0.39, 0.29) is 11.8 Å². The largest absolute Gasteiger partial charge is 0.325 e. The SMILES string of the molecule is N#CC1(C(=O)Nc2cccc(N3CCCC3=O)c2)CCCC1. The van der Waals surface area contributed by atoms with Gasteiger partial charge < -0.3 is 10.2 Å². The maximum absolute atomic E-state index is 12.5. The number of carbonyl (C=O) groups is 2. The number of nitrogens with zero attached hydrogens (tertiary/aromatic N) is 2.